The molecule has 2 amide bonds. The van der Waals surface area contributed by atoms with Crippen LogP contribution in [-0.2, 0) is 9.53 Å². The van der Waals surface area contributed by atoms with Gasteiger partial charge in [-0.05, 0) is 31.9 Å². The number of nitrogens with one attached hydrogen (secondary N) is 1. The van der Waals surface area contributed by atoms with Gasteiger partial charge in [-0.3, -0.25) is 4.79 Å². The van der Waals surface area contributed by atoms with Crippen molar-refractivity contribution in [1.29, 1.82) is 0 Å². The molecule has 1 unspecified atom stereocenters. The molecule has 0 aliphatic carbocycles. The number of anilines is 1. The van der Waals surface area contributed by atoms with Crippen LogP contribution >= 0.6 is 0 Å². The molecule has 2 aromatic rings. The van der Waals surface area contributed by atoms with Gasteiger partial charge in [0.25, 0.3) is 0 Å². The van der Waals surface area contributed by atoms with Crippen LogP contribution in [0.5, 0.6) is 0 Å². The minimum Gasteiger partial charge on any atom is -0.450 e. The zero-order chi connectivity index (χ0) is 17.6. The van der Waals surface area contributed by atoms with E-state index in [-0.39, 0.29) is 17.9 Å². The zero-order valence-electron chi connectivity index (χ0n) is 14.0. The lowest BCUT2D eigenvalue weighted by Crippen LogP contribution is -2.44. The summed E-state index contributed by atoms with van der Waals surface area (Å²) in [6.07, 6.45) is 5.70. The highest BCUT2D eigenvalue weighted by Gasteiger charge is 2.29. The summed E-state index contributed by atoms with van der Waals surface area (Å²) in [7, 11) is 0. The normalized spacial score (nSPS) is 17.2. The van der Waals surface area contributed by atoms with E-state index in [1.165, 1.54) is 11.0 Å². The van der Waals surface area contributed by atoms with Crippen molar-refractivity contribution in [2.75, 3.05) is 25.0 Å². The number of aromatic nitrogens is 4. The van der Waals surface area contributed by atoms with Crippen molar-refractivity contribution in [3.63, 3.8) is 0 Å². The molecule has 132 valence electrons. The molecular formula is C16H20N6O3. The highest BCUT2D eigenvalue weighted by atomic mass is 16.6. The highest BCUT2D eigenvalue weighted by molar-refractivity contribution is 5.92. The monoisotopic (exact) mass is 344 g/mol. The Kier molecular flexibility index (Phi) is 5.22. The minimum atomic E-state index is -0.362. The van der Waals surface area contributed by atoms with Crippen LogP contribution in [0.15, 0.2) is 31.0 Å². The van der Waals surface area contributed by atoms with Crippen LogP contribution < -0.4 is 5.32 Å². The zero-order valence-corrected chi connectivity index (χ0v) is 14.0. The van der Waals surface area contributed by atoms with Crippen molar-refractivity contribution in [3.8, 4) is 5.82 Å². The van der Waals surface area contributed by atoms with Gasteiger partial charge >= 0.3 is 6.09 Å². The molecule has 1 aliphatic heterocycles. The van der Waals surface area contributed by atoms with E-state index in [0.717, 1.165) is 12.8 Å². The standard InChI is InChI=1S/C16H20N6O3/c1-2-25-16(24)21-7-3-4-12(9-21)15(23)20-13-5-6-14(18-8-13)22-11-17-10-19-22/h5-6,8,10-12H,2-4,7,9H2,1H3,(H,20,23). The fraction of sp³-hybridized carbons (Fsp3) is 0.438. The van der Waals surface area contributed by atoms with E-state index >= 15 is 0 Å². The summed E-state index contributed by atoms with van der Waals surface area (Å²) in [6, 6.07) is 3.50. The van der Waals surface area contributed by atoms with Gasteiger partial charge in [0, 0.05) is 13.1 Å². The molecule has 0 radical (unpaired) electrons. The third kappa shape index (κ3) is 4.11. The molecule has 0 bridgehead atoms. The SMILES string of the molecule is CCOC(=O)N1CCCC(C(=O)Nc2ccc(-n3cncn3)nc2)C1. The Balaban J connectivity index is 1.59. The van der Waals surface area contributed by atoms with E-state index in [9.17, 15) is 9.59 Å². The average Bonchev–Trinajstić information content (AvgIpc) is 3.17. The van der Waals surface area contributed by atoms with Crippen molar-refractivity contribution in [2.45, 2.75) is 19.8 Å². The summed E-state index contributed by atoms with van der Waals surface area (Å²) in [6.45, 7) is 3.09. The van der Waals surface area contributed by atoms with E-state index in [4.69, 9.17) is 4.74 Å². The third-order valence-electron chi connectivity index (χ3n) is 3.99. The molecular weight excluding hydrogens is 324 g/mol. The molecule has 1 N–H and O–H groups in total. The van der Waals surface area contributed by atoms with Crippen molar-refractivity contribution in [3.05, 3.63) is 31.0 Å². The summed E-state index contributed by atoms with van der Waals surface area (Å²) in [5.41, 5.74) is 0.599. The van der Waals surface area contributed by atoms with Gasteiger partial charge in [0.1, 0.15) is 12.7 Å². The maximum atomic E-state index is 12.5. The number of hydrogen-bond donors (Lipinski definition) is 1. The molecule has 25 heavy (non-hydrogen) atoms. The molecule has 1 atom stereocenters. The molecule has 0 spiro atoms. The van der Waals surface area contributed by atoms with Crippen molar-refractivity contribution >= 4 is 17.7 Å². The van der Waals surface area contributed by atoms with Crippen LogP contribution in [0.2, 0.25) is 0 Å². The maximum absolute atomic E-state index is 12.5. The summed E-state index contributed by atoms with van der Waals surface area (Å²) in [4.78, 5) is 34.0. The first kappa shape index (κ1) is 16.9. The van der Waals surface area contributed by atoms with Crippen LogP contribution in [0.25, 0.3) is 5.82 Å². The first-order chi connectivity index (χ1) is 12.2. The first-order valence-corrected chi connectivity index (χ1v) is 8.21. The predicted molar refractivity (Wildman–Crippen MR) is 89.1 cm³/mol. The Labute approximate surface area is 145 Å². The fourth-order valence-electron chi connectivity index (χ4n) is 2.74. The molecule has 0 saturated carbocycles. The molecule has 3 rings (SSSR count). The second-order valence-corrected chi connectivity index (χ2v) is 5.72. The maximum Gasteiger partial charge on any atom is 0.409 e. The van der Waals surface area contributed by atoms with Gasteiger partial charge in [0.15, 0.2) is 5.82 Å². The molecule has 3 heterocycles. The van der Waals surface area contributed by atoms with Crippen molar-refractivity contribution in [1.82, 2.24) is 24.6 Å². The van der Waals surface area contributed by atoms with Crippen molar-refractivity contribution in [2.24, 2.45) is 5.92 Å². The van der Waals surface area contributed by atoms with Gasteiger partial charge < -0.3 is 15.0 Å². The second-order valence-electron chi connectivity index (χ2n) is 5.72. The predicted octanol–water partition coefficient (Wildman–Crippen LogP) is 1.47. The summed E-state index contributed by atoms with van der Waals surface area (Å²) >= 11 is 0. The Hall–Kier alpha value is -2.97. The van der Waals surface area contributed by atoms with Gasteiger partial charge in [-0.15, -0.1) is 0 Å². The number of likely N-dealkylation sites (tertiary alicyclic amines) is 1. The van der Waals surface area contributed by atoms with E-state index in [0.29, 0.717) is 31.2 Å². The Morgan fingerprint density at radius 3 is 2.96 bits per heavy atom. The summed E-state index contributed by atoms with van der Waals surface area (Å²) in [5, 5.41) is 6.85. The molecule has 1 aliphatic rings. The highest BCUT2D eigenvalue weighted by Crippen LogP contribution is 2.19. The van der Waals surface area contributed by atoms with Crippen LogP contribution in [0, 0.1) is 5.92 Å². The van der Waals surface area contributed by atoms with Crippen LogP contribution in [0.4, 0.5) is 10.5 Å². The quantitative estimate of drug-likeness (QED) is 0.901. The second kappa shape index (κ2) is 7.73. The Bertz CT molecular complexity index is 716. The Morgan fingerprint density at radius 1 is 1.40 bits per heavy atom. The number of carbonyl (C=O) groups excluding carboxylic acids is 2. The number of hydrogen-bond acceptors (Lipinski definition) is 6. The number of piperidine rings is 1. The molecule has 9 nitrogen and oxygen atoms in total. The number of pyridine rings is 1. The smallest absolute Gasteiger partial charge is 0.409 e. The molecule has 1 fully saturated rings. The molecule has 9 heteroatoms. The topological polar surface area (TPSA) is 102 Å². The van der Waals surface area contributed by atoms with E-state index in [1.54, 1.807) is 36.5 Å². The van der Waals surface area contributed by atoms with Crippen molar-refractivity contribution < 1.29 is 14.3 Å². The van der Waals surface area contributed by atoms with E-state index in [2.05, 4.69) is 20.4 Å². The molecule has 2 aromatic heterocycles. The minimum absolute atomic E-state index is 0.121. The Morgan fingerprint density at radius 2 is 2.28 bits per heavy atom. The lowest BCUT2D eigenvalue weighted by Gasteiger charge is -2.31. The summed E-state index contributed by atoms with van der Waals surface area (Å²) in [5.74, 6) is 0.235. The molecule has 1 saturated heterocycles. The van der Waals surface area contributed by atoms with Crippen LogP contribution in [0.3, 0.4) is 0 Å². The summed E-state index contributed by atoms with van der Waals surface area (Å²) < 4.78 is 6.54. The number of rotatable bonds is 4. The lowest BCUT2D eigenvalue weighted by atomic mass is 9.97. The number of ether oxygens (including phenoxy) is 1. The fourth-order valence-corrected chi connectivity index (χ4v) is 2.74. The largest absolute Gasteiger partial charge is 0.450 e. The third-order valence-corrected chi connectivity index (χ3v) is 3.99. The average molecular weight is 344 g/mol. The van der Waals surface area contributed by atoms with Gasteiger partial charge in [-0.1, -0.05) is 0 Å². The van der Waals surface area contributed by atoms with Gasteiger partial charge in [0.05, 0.1) is 24.4 Å². The van der Waals surface area contributed by atoms with E-state index in [1.807, 2.05) is 0 Å². The van der Waals surface area contributed by atoms with Gasteiger partial charge in [0.2, 0.25) is 5.91 Å². The van der Waals surface area contributed by atoms with Gasteiger partial charge in [-0.25, -0.2) is 19.4 Å². The van der Waals surface area contributed by atoms with Crippen LogP contribution in [-0.4, -0.2) is 56.3 Å². The number of carbonyl (C=O) groups is 2. The number of amides is 2. The number of nitrogens with zero attached hydrogens (tertiary/aromatic N) is 5. The molecule has 0 aromatic carbocycles. The lowest BCUT2D eigenvalue weighted by molar-refractivity contribution is -0.121. The first-order valence-electron chi connectivity index (χ1n) is 8.21. The van der Waals surface area contributed by atoms with Crippen LogP contribution in [0.1, 0.15) is 19.8 Å². The van der Waals surface area contributed by atoms with E-state index < -0.39 is 0 Å². The van der Waals surface area contributed by atoms with Gasteiger partial charge in [-0.2, -0.15) is 5.10 Å².